The van der Waals surface area contributed by atoms with Crippen molar-refractivity contribution >= 4 is 34.7 Å². The van der Waals surface area contributed by atoms with Crippen molar-refractivity contribution in [3.63, 3.8) is 0 Å². The van der Waals surface area contributed by atoms with Gasteiger partial charge in [0, 0.05) is 60.6 Å². The van der Waals surface area contributed by atoms with Crippen LogP contribution in [0, 0.1) is 0 Å². The molecule has 2 aliphatic rings. The largest absolute Gasteiger partial charge is 0.493 e. The Morgan fingerprint density at radius 3 is 2.31 bits per heavy atom. The fourth-order valence-electron chi connectivity index (χ4n) is 5.84. The van der Waals surface area contributed by atoms with Gasteiger partial charge in [-0.25, -0.2) is 8.78 Å². The standard InChI is InChI=1S/C35H38F2N4O4/c1-4-45-31-12-8-6-10-28(31)33(43)38-25-15-13-24(14-16-25)34(44)41-22-19-35(36,37)29(27-9-5-7-11-30(27)41)23-32(42)40-20-17-26(18-21-40)39(2)3/h5-16,23,26H,4,17-22H2,1-3H3,(H,38,43)/b29-23-. The summed E-state index contributed by atoms with van der Waals surface area (Å²) >= 11 is 0. The molecule has 0 unspecified atom stereocenters. The van der Waals surface area contributed by atoms with E-state index in [4.69, 9.17) is 4.74 Å². The summed E-state index contributed by atoms with van der Waals surface area (Å²) in [5, 5.41) is 2.81. The molecule has 3 aromatic rings. The van der Waals surface area contributed by atoms with E-state index in [0.29, 0.717) is 48.4 Å². The van der Waals surface area contributed by atoms with E-state index in [1.165, 1.54) is 11.0 Å². The zero-order chi connectivity index (χ0) is 32.1. The van der Waals surface area contributed by atoms with Gasteiger partial charge in [-0.05, 0) is 76.3 Å². The van der Waals surface area contributed by atoms with E-state index < -0.39 is 24.2 Å². The third-order valence-electron chi connectivity index (χ3n) is 8.37. The second-order valence-corrected chi connectivity index (χ2v) is 11.5. The fourth-order valence-corrected chi connectivity index (χ4v) is 5.84. The SMILES string of the molecule is CCOc1ccccc1C(=O)Nc1ccc(C(=O)N2CCC(F)(F)/C(=C\C(=O)N3CCC(N(C)C)CC3)c3ccccc32)cc1. The van der Waals surface area contributed by atoms with Crippen molar-refractivity contribution in [3.8, 4) is 5.75 Å². The zero-order valence-corrected chi connectivity index (χ0v) is 25.8. The molecule has 2 heterocycles. The van der Waals surface area contributed by atoms with Crippen molar-refractivity contribution < 1.29 is 27.9 Å². The molecule has 2 aliphatic heterocycles. The van der Waals surface area contributed by atoms with Gasteiger partial charge in [0.15, 0.2) is 0 Å². The van der Waals surface area contributed by atoms with Crippen LogP contribution in [0.4, 0.5) is 20.2 Å². The zero-order valence-electron chi connectivity index (χ0n) is 25.8. The second kappa shape index (κ2) is 13.6. The summed E-state index contributed by atoms with van der Waals surface area (Å²) in [5.74, 6) is -4.13. The molecule has 1 N–H and O–H groups in total. The quantitative estimate of drug-likeness (QED) is 0.332. The Morgan fingerprint density at radius 2 is 1.62 bits per heavy atom. The molecule has 0 radical (unpaired) electrons. The number of amides is 3. The topological polar surface area (TPSA) is 82.2 Å². The first-order valence-electron chi connectivity index (χ1n) is 15.2. The molecular formula is C35H38F2N4O4. The number of hydrogen-bond donors (Lipinski definition) is 1. The van der Waals surface area contributed by atoms with E-state index in [-0.39, 0.29) is 29.2 Å². The van der Waals surface area contributed by atoms with Gasteiger partial charge in [-0.15, -0.1) is 0 Å². The molecule has 3 aromatic carbocycles. The Labute approximate surface area is 262 Å². The van der Waals surface area contributed by atoms with Gasteiger partial charge < -0.3 is 24.8 Å². The maximum absolute atomic E-state index is 15.7. The van der Waals surface area contributed by atoms with E-state index in [1.54, 1.807) is 71.6 Å². The van der Waals surface area contributed by atoms with Crippen molar-refractivity contribution in [2.75, 3.05) is 50.6 Å². The van der Waals surface area contributed by atoms with Gasteiger partial charge in [0.05, 0.1) is 17.9 Å². The first-order valence-corrected chi connectivity index (χ1v) is 15.2. The summed E-state index contributed by atoms with van der Waals surface area (Å²) in [4.78, 5) is 44.9. The van der Waals surface area contributed by atoms with Gasteiger partial charge in [-0.3, -0.25) is 14.4 Å². The van der Waals surface area contributed by atoms with Crippen LogP contribution in [0.15, 0.2) is 78.9 Å². The molecule has 8 nitrogen and oxygen atoms in total. The van der Waals surface area contributed by atoms with Crippen LogP contribution in [0.3, 0.4) is 0 Å². The number of rotatable bonds is 7. The van der Waals surface area contributed by atoms with Crippen LogP contribution in [0.1, 0.15) is 52.5 Å². The number of carbonyl (C=O) groups excluding carboxylic acids is 3. The minimum atomic E-state index is -3.32. The second-order valence-electron chi connectivity index (χ2n) is 11.5. The number of nitrogens with zero attached hydrogens (tertiary/aromatic N) is 3. The first kappa shape index (κ1) is 31.8. The molecule has 10 heteroatoms. The first-order chi connectivity index (χ1) is 21.6. The molecule has 0 aromatic heterocycles. The van der Waals surface area contributed by atoms with Gasteiger partial charge in [-0.2, -0.15) is 0 Å². The minimum absolute atomic E-state index is 0.154. The lowest BCUT2D eigenvalue weighted by molar-refractivity contribution is -0.127. The van der Waals surface area contributed by atoms with E-state index in [0.717, 1.165) is 18.9 Å². The summed E-state index contributed by atoms with van der Waals surface area (Å²) in [6.07, 6.45) is 1.98. The number of piperidine rings is 1. The highest BCUT2D eigenvalue weighted by molar-refractivity contribution is 6.10. The lowest BCUT2D eigenvalue weighted by Crippen LogP contribution is -2.44. The Kier molecular flexibility index (Phi) is 9.63. The number of anilines is 2. The van der Waals surface area contributed by atoms with Crippen molar-refractivity contribution in [2.24, 2.45) is 0 Å². The smallest absolute Gasteiger partial charge is 0.275 e. The fraction of sp³-hybridized carbons (Fsp3) is 0.343. The summed E-state index contributed by atoms with van der Waals surface area (Å²) in [6, 6.07) is 20.0. The number of likely N-dealkylation sites (tertiary alicyclic amines) is 1. The van der Waals surface area contributed by atoms with Crippen LogP contribution < -0.4 is 15.0 Å². The van der Waals surface area contributed by atoms with Crippen LogP contribution in [-0.2, 0) is 4.79 Å². The number of carbonyl (C=O) groups is 3. The van der Waals surface area contributed by atoms with Crippen LogP contribution in [-0.4, -0.2) is 79.8 Å². The highest BCUT2D eigenvalue weighted by Gasteiger charge is 2.42. The van der Waals surface area contributed by atoms with Crippen LogP contribution in [0.2, 0.25) is 0 Å². The molecule has 1 saturated heterocycles. The Bertz CT molecular complexity index is 1580. The van der Waals surface area contributed by atoms with Gasteiger partial charge in [0.1, 0.15) is 5.75 Å². The number of ether oxygens (including phenoxy) is 1. The maximum atomic E-state index is 15.7. The molecule has 0 atom stereocenters. The molecule has 0 spiro atoms. The van der Waals surface area contributed by atoms with E-state index in [2.05, 4.69) is 10.2 Å². The molecule has 45 heavy (non-hydrogen) atoms. The predicted octanol–water partition coefficient (Wildman–Crippen LogP) is 5.96. The lowest BCUT2D eigenvalue weighted by Gasteiger charge is -2.35. The van der Waals surface area contributed by atoms with E-state index >= 15 is 8.78 Å². The van der Waals surface area contributed by atoms with Crippen molar-refractivity contribution in [1.82, 2.24) is 9.80 Å². The van der Waals surface area contributed by atoms with Crippen LogP contribution in [0.5, 0.6) is 5.75 Å². The van der Waals surface area contributed by atoms with E-state index in [9.17, 15) is 14.4 Å². The average molecular weight is 617 g/mol. The number of benzene rings is 3. The molecule has 0 bridgehead atoms. The minimum Gasteiger partial charge on any atom is -0.493 e. The Balaban J connectivity index is 1.36. The molecule has 5 rings (SSSR count). The van der Waals surface area contributed by atoms with E-state index in [1.807, 2.05) is 21.0 Å². The third kappa shape index (κ3) is 7.06. The summed E-state index contributed by atoms with van der Waals surface area (Å²) in [5.41, 5.74) is 1.20. The van der Waals surface area contributed by atoms with Gasteiger partial charge in [0.2, 0.25) is 5.91 Å². The van der Waals surface area contributed by atoms with Gasteiger partial charge in [0.25, 0.3) is 17.7 Å². The Hall–Kier alpha value is -4.57. The number of alkyl halides is 2. The van der Waals surface area contributed by atoms with Crippen molar-refractivity contribution in [1.29, 1.82) is 0 Å². The summed E-state index contributed by atoms with van der Waals surface area (Å²) in [7, 11) is 3.99. The lowest BCUT2D eigenvalue weighted by atomic mass is 9.96. The average Bonchev–Trinajstić information content (AvgIpc) is 3.15. The number of hydrogen-bond acceptors (Lipinski definition) is 5. The predicted molar refractivity (Wildman–Crippen MR) is 171 cm³/mol. The highest BCUT2D eigenvalue weighted by atomic mass is 19.3. The highest BCUT2D eigenvalue weighted by Crippen LogP contribution is 2.43. The number of halogens is 2. The molecule has 1 fully saturated rings. The van der Waals surface area contributed by atoms with Gasteiger partial charge in [-0.1, -0.05) is 30.3 Å². The third-order valence-corrected chi connectivity index (χ3v) is 8.37. The molecular weight excluding hydrogens is 578 g/mol. The number of nitrogens with one attached hydrogen (secondary N) is 1. The number of para-hydroxylation sites is 2. The Morgan fingerprint density at radius 1 is 0.956 bits per heavy atom. The number of fused-ring (bicyclic) bond motifs is 1. The molecule has 0 saturated carbocycles. The van der Waals surface area contributed by atoms with Crippen LogP contribution in [0.25, 0.3) is 5.57 Å². The maximum Gasteiger partial charge on any atom is 0.275 e. The number of allylic oxidation sites excluding steroid dienone is 1. The molecule has 0 aliphatic carbocycles. The normalized spacial score (nSPS) is 17.5. The van der Waals surface area contributed by atoms with Crippen LogP contribution >= 0.6 is 0 Å². The van der Waals surface area contributed by atoms with Gasteiger partial charge >= 0.3 is 0 Å². The summed E-state index contributed by atoms with van der Waals surface area (Å²) in [6.45, 7) is 3.00. The summed E-state index contributed by atoms with van der Waals surface area (Å²) < 4.78 is 36.9. The van der Waals surface area contributed by atoms with Crippen molar-refractivity contribution in [2.45, 2.75) is 38.2 Å². The molecule has 236 valence electrons. The van der Waals surface area contributed by atoms with Crippen molar-refractivity contribution in [3.05, 3.63) is 95.6 Å². The monoisotopic (exact) mass is 616 g/mol. The molecule has 3 amide bonds.